The van der Waals surface area contributed by atoms with Gasteiger partial charge in [-0.3, -0.25) is 4.68 Å². The molecule has 0 amide bonds. The molecule has 0 bridgehead atoms. The monoisotopic (exact) mass is 313 g/mol. The van der Waals surface area contributed by atoms with E-state index in [0.717, 1.165) is 24.2 Å². The van der Waals surface area contributed by atoms with E-state index in [-0.39, 0.29) is 0 Å². The van der Waals surface area contributed by atoms with E-state index in [4.69, 9.17) is 33.7 Å². The van der Waals surface area contributed by atoms with Crippen molar-refractivity contribution in [3.63, 3.8) is 0 Å². The zero-order valence-electron chi connectivity index (χ0n) is 11.4. The fourth-order valence-corrected chi connectivity index (χ4v) is 2.61. The number of nitrogens with zero attached hydrogens (tertiary/aromatic N) is 2. The van der Waals surface area contributed by atoms with Crippen molar-refractivity contribution in [1.29, 1.82) is 0 Å². The lowest BCUT2D eigenvalue weighted by Gasteiger charge is -2.18. The Morgan fingerprint density at radius 3 is 2.80 bits per heavy atom. The maximum Gasteiger partial charge on any atom is 0.124 e. The summed E-state index contributed by atoms with van der Waals surface area (Å²) in [6.07, 6.45) is 2.56. The van der Waals surface area contributed by atoms with Crippen LogP contribution in [0.25, 0.3) is 0 Å². The summed E-state index contributed by atoms with van der Waals surface area (Å²) in [5.41, 5.74) is 7.92. The summed E-state index contributed by atoms with van der Waals surface area (Å²) in [5.74, 6) is 0.683. The molecule has 0 spiro atoms. The van der Waals surface area contributed by atoms with Crippen LogP contribution >= 0.6 is 23.2 Å². The zero-order chi connectivity index (χ0) is 14.7. The van der Waals surface area contributed by atoms with Crippen LogP contribution in [0.15, 0.2) is 24.4 Å². The minimum absolute atomic E-state index is 0.440. The minimum Gasteiger partial charge on any atom is -0.496 e. The van der Waals surface area contributed by atoms with Crippen molar-refractivity contribution < 1.29 is 4.74 Å². The molecule has 0 aliphatic heterocycles. The van der Waals surface area contributed by atoms with E-state index in [1.54, 1.807) is 31.5 Å². The fraction of sp³-hybridized carbons (Fsp3) is 0.357. The van der Waals surface area contributed by atoms with Crippen LogP contribution in [0, 0.1) is 0 Å². The highest BCUT2D eigenvalue weighted by atomic mass is 35.5. The van der Waals surface area contributed by atoms with Crippen molar-refractivity contribution in [3.05, 3.63) is 45.7 Å². The second kappa shape index (κ2) is 6.48. The molecule has 2 rings (SSSR count). The molecule has 0 fully saturated rings. The standard InChI is InChI=1S/C14H17Cl2N3O/c1-3-6-19-14(11(16)8-18-19)13(17)10-7-9(15)4-5-12(10)20-2/h4-5,7-8,13H,3,6,17H2,1-2H3. The SMILES string of the molecule is CCCn1ncc(Cl)c1C(N)c1cc(Cl)ccc1OC. The van der Waals surface area contributed by atoms with Crippen molar-refractivity contribution in [2.75, 3.05) is 7.11 Å². The molecule has 2 N–H and O–H groups in total. The lowest BCUT2D eigenvalue weighted by molar-refractivity contribution is 0.406. The second-order valence-electron chi connectivity index (χ2n) is 4.46. The molecule has 1 aromatic heterocycles. The van der Waals surface area contributed by atoms with Gasteiger partial charge in [-0.2, -0.15) is 5.10 Å². The number of hydrogen-bond acceptors (Lipinski definition) is 3. The molecule has 4 nitrogen and oxygen atoms in total. The molecular weight excluding hydrogens is 297 g/mol. The molecule has 1 atom stereocenters. The summed E-state index contributed by atoms with van der Waals surface area (Å²) in [5, 5.41) is 5.42. The van der Waals surface area contributed by atoms with Crippen LogP contribution in [0.4, 0.5) is 0 Å². The number of aryl methyl sites for hydroxylation is 1. The van der Waals surface area contributed by atoms with Gasteiger partial charge in [0.15, 0.2) is 0 Å². The molecule has 108 valence electrons. The lowest BCUT2D eigenvalue weighted by Crippen LogP contribution is -2.19. The number of ether oxygens (including phenoxy) is 1. The van der Waals surface area contributed by atoms with Gasteiger partial charge in [-0.15, -0.1) is 0 Å². The maximum absolute atomic E-state index is 6.35. The molecule has 1 heterocycles. The number of halogens is 2. The quantitative estimate of drug-likeness (QED) is 0.916. The first-order valence-corrected chi connectivity index (χ1v) is 7.14. The van der Waals surface area contributed by atoms with Gasteiger partial charge in [0.05, 0.1) is 30.1 Å². The average molecular weight is 314 g/mol. The average Bonchev–Trinajstić information content (AvgIpc) is 2.79. The van der Waals surface area contributed by atoms with E-state index >= 15 is 0 Å². The van der Waals surface area contributed by atoms with Crippen LogP contribution in [0.5, 0.6) is 5.75 Å². The number of nitrogens with two attached hydrogens (primary N) is 1. The topological polar surface area (TPSA) is 53.1 Å². The van der Waals surface area contributed by atoms with Crippen LogP contribution in [0.2, 0.25) is 10.0 Å². The summed E-state index contributed by atoms with van der Waals surface area (Å²) >= 11 is 12.3. The first-order valence-electron chi connectivity index (χ1n) is 6.38. The van der Waals surface area contributed by atoms with E-state index in [2.05, 4.69) is 12.0 Å². The van der Waals surface area contributed by atoms with E-state index in [0.29, 0.717) is 15.8 Å². The van der Waals surface area contributed by atoms with Crippen LogP contribution in [0.3, 0.4) is 0 Å². The summed E-state index contributed by atoms with van der Waals surface area (Å²) in [6.45, 7) is 2.84. The largest absolute Gasteiger partial charge is 0.496 e. The van der Waals surface area contributed by atoms with E-state index < -0.39 is 6.04 Å². The third kappa shape index (κ3) is 2.92. The zero-order valence-corrected chi connectivity index (χ0v) is 12.9. The number of methoxy groups -OCH3 is 1. The Morgan fingerprint density at radius 2 is 2.15 bits per heavy atom. The smallest absolute Gasteiger partial charge is 0.124 e. The number of aromatic nitrogens is 2. The van der Waals surface area contributed by atoms with Crippen LogP contribution in [-0.4, -0.2) is 16.9 Å². The van der Waals surface area contributed by atoms with Gasteiger partial charge in [0.25, 0.3) is 0 Å². The first kappa shape index (κ1) is 15.2. The van der Waals surface area contributed by atoms with Crippen LogP contribution < -0.4 is 10.5 Å². The third-order valence-corrected chi connectivity index (χ3v) is 3.62. The first-order chi connectivity index (χ1) is 9.58. The normalized spacial score (nSPS) is 12.4. The molecule has 2 aromatic rings. The van der Waals surface area contributed by atoms with Gasteiger partial charge in [-0.05, 0) is 24.6 Å². The van der Waals surface area contributed by atoms with Crippen LogP contribution in [-0.2, 0) is 6.54 Å². The van der Waals surface area contributed by atoms with Gasteiger partial charge in [-0.25, -0.2) is 0 Å². The molecule has 0 aliphatic rings. The molecule has 1 unspecified atom stereocenters. The Morgan fingerprint density at radius 1 is 1.40 bits per heavy atom. The highest BCUT2D eigenvalue weighted by molar-refractivity contribution is 6.31. The molecule has 0 aliphatic carbocycles. The van der Waals surface area contributed by atoms with E-state index in [9.17, 15) is 0 Å². The number of rotatable bonds is 5. The molecular formula is C14H17Cl2N3O. The maximum atomic E-state index is 6.35. The Balaban J connectivity index is 2.48. The predicted molar refractivity (Wildman–Crippen MR) is 81.6 cm³/mol. The van der Waals surface area contributed by atoms with Gasteiger partial charge in [0.2, 0.25) is 0 Å². The van der Waals surface area contributed by atoms with E-state index in [1.165, 1.54) is 0 Å². The minimum atomic E-state index is -0.440. The molecule has 1 aromatic carbocycles. The predicted octanol–water partition coefficient (Wildman–Crippen LogP) is 3.66. The molecule has 6 heteroatoms. The summed E-state index contributed by atoms with van der Waals surface area (Å²) < 4.78 is 7.17. The van der Waals surface area contributed by atoms with Gasteiger partial charge in [-0.1, -0.05) is 30.1 Å². The fourth-order valence-electron chi connectivity index (χ4n) is 2.17. The van der Waals surface area contributed by atoms with Gasteiger partial charge >= 0.3 is 0 Å². The molecule has 0 saturated heterocycles. The second-order valence-corrected chi connectivity index (χ2v) is 5.31. The van der Waals surface area contributed by atoms with Crippen LogP contribution in [0.1, 0.15) is 30.6 Å². The van der Waals surface area contributed by atoms with Crippen molar-refractivity contribution in [2.24, 2.45) is 5.73 Å². The van der Waals surface area contributed by atoms with E-state index in [1.807, 2.05) is 4.68 Å². The number of hydrogen-bond donors (Lipinski definition) is 1. The highest BCUT2D eigenvalue weighted by Gasteiger charge is 2.21. The van der Waals surface area contributed by atoms with Crippen molar-refractivity contribution in [1.82, 2.24) is 9.78 Å². The Bertz CT molecular complexity index is 598. The Hall–Kier alpha value is -1.23. The third-order valence-electron chi connectivity index (χ3n) is 3.09. The van der Waals surface area contributed by atoms with Crippen molar-refractivity contribution in [2.45, 2.75) is 25.9 Å². The van der Waals surface area contributed by atoms with Crippen molar-refractivity contribution in [3.8, 4) is 5.75 Å². The number of benzene rings is 1. The lowest BCUT2D eigenvalue weighted by atomic mass is 10.0. The Labute approximate surface area is 128 Å². The summed E-state index contributed by atoms with van der Waals surface area (Å²) in [6, 6.07) is 4.92. The van der Waals surface area contributed by atoms with Gasteiger partial charge in [0, 0.05) is 17.1 Å². The van der Waals surface area contributed by atoms with Crippen molar-refractivity contribution >= 4 is 23.2 Å². The molecule has 20 heavy (non-hydrogen) atoms. The van der Waals surface area contributed by atoms with Gasteiger partial charge < -0.3 is 10.5 Å². The summed E-state index contributed by atoms with van der Waals surface area (Å²) in [4.78, 5) is 0. The highest BCUT2D eigenvalue weighted by Crippen LogP contribution is 2.33. The van der Waals surface area contributed by atoms with Gasteiger partial charge in [0.1, 0.15) is 5.75 Å². The Kier molecular flexibility index (Phi) is 4.91. The molecule has 0 saturated carbocycles. The molecule has 0 radical (unpaired) electrons. The summed E-state index contributed by atoms with van der Waals surface area (Å²) in [7, 11) is 1.60.